The van der Waals surface area contributed by atoms with Crippen LogP contribution in [0.1, 0.15) is 16.1 Å². The third-order valence-electron chi connectivity index (χ3n) is 3.08. The lowest BCUT2D eigenvalue weighted by atomic mass is 10.2. The summed E-state index contributed by atoms with van der Waals surface area (Å²) in [4.78, 5) is 16.7. The van der Waals surface area contributed by atoms with Crippen molar-refractivity contribution in [2.75, 3.05) is 12.4 Å². The average Bonchev–Trinajstić information content (AvgIpc) is 2.93. The summed E-state index contributed by atoms with van der Waals surface area (Å²) in [5.41, 5.74) is 1.69. The van der Waals surface area contributed by atoms with Crippen LogP contribution in [0.4, 0.5) is 5.82 Å². The molecule has 1 amide bonds. The number of methoxy groups -OCH3 is 1. The second-order valence-corrected chi connectivity index (χ2v) is 5.02. The van der Waals surface area contributed by atoms with Crippen LogP contribution in [0.25, 0.3) is 5.52 Å². The van der Waals surface area contributed by atoms with Crippen molar-refractivity contribution in [1.82, 2.24) is 14.6 Å². The second-order valence-electron chi connectivity index (χ2n) is 4.61. The molecule has 0 saturated heterocycles. The molecule has 3 heterocycles. The number of fused-ring (bicyclic) bond motifs is 1. The topological polar surface area (TPSA) is 68.5 Å². The first kappa shape index (κ1) is 14.5. The molecule has 3 rings (SSSR count). The Bertz CT molecular complexity index is 831. The fourth-order valence-electron chi connectivity index (χ4n) is 2.13. The molecule has 0 saturated carbocycles. The highest BCUT2D eigenvalue weighted by molar-refractivity contribution is 6.35. The van der Waals surface area contributed by atoms with E-state index in [0.717, 1.165) is 5.69 Å². The Kier molecular flexibility index (Phi) is 4.04. The van der Waals surface area contributed by atoms with Crippen molar-refractivity contribution in [2.24, 2.45) is 0 Å². The minimum atomic E-state index is -0.315. The molecule has 0 aromatic carbocycles. The van der Waals surface area contributed by atoms with Crippen molar-refractivity contribution in [3.63, 3.8) is 0 Å². The van der Waals surface area contributed by atoms with Gasteiger partial charge >= 0.3 is 0 Å². The van der Waals surface area contributed by atoms with Gasteiger partial charge in [-0.1, -0.05) is 17.7 Å². The standard InChI is InChI=1S/C15H13ClN4O2/c1-22-9-10-4-2-6-13(18-10)19-15(21)11-8-17-20-7-3-5-12(16)14(11)20/h2-8H,9H2,1H3,(H,18,19,21). The van der Waals surface area contributed by atoms with Gasteiger partial charge in [-0.05, 0) is 24.3 Å². The van der Waals surface area contributed by atoms with Crippen LogP contribution in [0.2, 0.25) is 5.02 Å². The van der Waals surface area contributed by atoms with E-state index in [9.17, 15) is 4.79 Å². The normalized spacial score (nSPS) is 10.8. The Morgan fingerprint density at radius 1 is 1.36 bits per heavy atom. The van der Waals surface area contributed by atoms with E-state index in [1.54, 1.807) is 42.1 Å². The van der Waals surface area contributed by atoms with Gasteiger partial charge in [0.25, 0.3) is 5.91 Å². The fourth-order valence-corrected chi connectivity index (χ4v) is 2.39. The van der Waals surface area contributed by atoms with Crippen LogP contribution in [-0.4, -0.2) is 27.6 Å². The number of halogens is 1. The molecule has 22 heavy (non-hydrogen) atoms. The number of rotatable bonds is 4. The zero-order valence-electron chi connectivity index (χ0n) is 11.8. The zero-order valence-corrected chi connectivity index (χ0v) is 12.5. The van der Waals surface area contributed by atoms with E-state index in [4.69, 9.17) is 16.3 Å². The Labute approximate surface area is 131 Å². The number of anilines is 1. The fraction of sp³-hybridized carbons (Fsp3) is 0.133. The number of aromatic nitrogens is 3. The van der Waals surface area contributed by atoms with E-state index in [-0.39, 0.29) is 5.91 Å². The van der Waals surface area contributed by atoms with E-state index >= 15 is 0 Å². The van der Waals surface area contributed by atoms with Crippen molar-refractivity contribution in [2.45, 2.75) is 6.61 Å². The van der Waals surface area contributed by atoms with Crippen molar-refractivity contribution < 1.29 is 9.53 Å². The number of hydrogen-bond donors (Lipinski definition) is 1. The maximum Gasteiger partial charge on any atom is 0.260 e. The average molecular weight is 317 g/mol. The lowest BCUT2D eigenvalue weighted by Gasteiger charge is -2.06. The summed E-state index contributed by atoms with van der Waals surface area (Å²) in [7, 11) is 1.59. The molecule has 0 aliphatic rings. The Balaban J connectivity index is 1.89. The van der Waals surface area contributed by atoms with Gasteiger partial charge in [0.15, 0.2) is 0 Å². The van der Waals surface area contributed by atoms with Crippen LogP contribution in [0, 0.1) is 0 Å². The molecule has 0 spiro atoms. The monoisotopic (exact) mass is 316 g/mol. The lowest BCUT2D eigenvalue weighted by Crippen LogP contribution is -2.13. The van der Waals surface area contributed by atoms with Crippen molar-refractivity contribution in [3.05, 3.63) is 59.0 Å². The van der Waals surface area contributed by atoms with E-state index in [1.807, 2.05) is 6.07 Å². The van der Waals surface area contributed by atoms with Gasteiger partial charge in [0, 0.05) is 13.3 Å². The molecule has 6 nitrogen and oxygen atoms in total. The lowest BCUT2D eigenvalue weighted by molar-refractivity contribution is 0.102. The van der Waals surface area contributed by atoms with Crippen LogP contribution in [-0.2, 0) is 11.3 Å². The van der Waals surface area contributed by atoms with Gasteiger partial charge in [-0.3, -0.25) is 4.79 Å². The van der Waals surface area contributed by atoms with E-state index in [0.29, 0.717) is 28.5 Å². The summed E-state index contributed by atoms with van der Waals surface area (Å²) in [5, 5.41) is 7.33. The van der Waals surface area contributed by atoms with Gasteiger partial charge < -0.3 is 10.1 Å². The molecule has 0 atom stereocenters. The number of nitrogens with zero attached hydrogens (tertiary/aromatic N) is 3. The van der Waals surface area contributed by atoms with Crippen molar-refractivity contribution in [3.8, 4) is 0 Å². The van der Waals surface area contributed by atoms with Gasteiger partial charge in [-0.15, -0.1) is 0 Å². The molecule has 0 aliphatic heterocycles. The third-order valence-corrected chi connectivity index (χ3v) is 3.38. The van der Waals surface area contributed by atoms with Crippen LogP contribution in [0.3, 0.4) is 0 Å². The van der Waals surface area contributed by atoms with E-state index in [1.165, 1.54) is 6.20 Å². The first-order valence-corrected chi connectivity index (χ1v) is 6.95. The van der Waals surface area contributed by atoms with E-state index in [2.05, 4.69) is 15.4 Å². The van der Waals surface area contributed by atoms with Crippen molar-refractivity contribution >= 4 is 28.8 Å². The van der Waals surface area contributed by atoms with Gasteiger partial charge in [0.2, 0.25) is 0 Å². The van der Waals surface area contributed by atoms with Crippen LogP contribution >= 0.6 is 11.6 Å². The highest BCUT2D eigenvalue weighted by atomic mass is 35.5. The summed E-state index contributed by atoms with van der Waals surface area (Å²) in [5.74, 6) is 0.135. The Hall–Kier alpha value is -2.44. The molecular weight excluding hydrogens is 304 g/mol. The summed E-state index contributed by atoms with van der Waals surface area (Å²) in [6.07, 6.45) is 3.21. The number of nitrogens with one attached hydrogen (secondary N) is 1. The maximum atomic E-state index is 12.4. The highest BCUT2D eigenvalue weighted by Crippen LogP contribution is 2.21. The summed E-state index contributed by atoms with van der Waals surface area (Å²) in [6.45, 7) is 0.381. The minimum Gasteiger partial charge on any atom is -0.378 e. The molecule has 0 bridgehead atoms. The predicted molar refractivity (Wildman–Crippen MR) is 83.1 cm³/mol. The predicted octanol–water partition coefficient (Wildman–Crippen LogP) is 2.78. The molecule has 0 radical (unpaired) electrons. The summed E-state index contributed by atoms with van der Waals surface area (Å²) < 4.78 is 6.59. The summed E-state index contributed by atoms with van der Waals surface area (Å²) in [6, 6.07) is 8.82. The van der Waals surface area contributed by atoms with Gasteiger partial charge in [0.05, 0.1) is 34.6 Å². The summed E-state index contributed by atoms with van der Waals surface area (Å²) >= 11 is 6.14. The molecular formula is C15H13ClN4O2. The first-order chi connectivity index (χ1) is 10.7. The smallest absolute Gasteiger partial charge is 0.260 e. The van der Waals surface area contributed by atoms with Crippen LogP contribution in [0.5, 0.6) is 0 Å². The van der Waals surface area contributed by atoms with Gasteiger partial charge in [-0.25, -0.2) is 9.50 Å². The number of ether oxygens (including phenoxy) is 1. The molecule has 112 valence electrons. The number of pyridine rings is 2. The van der Waals surface area contributed by atoms with Crippen molar-refractivity contribution in [1.29, 1.82) is 0 Å². The largest absolute Gasteiger partial charge is 0.378 e. The second kappa shape index (κ2) is 6.13. The van der Waals surface area contributed by atoms with Crippen LogP contribution < -0.4 is 5.32 Å². The number of hydrogen-bond acceptors (Lipinski definition) is 4. The van der Waals surface area contributed by atoms with Gasteiger partial charge in [0.1, 0.15) is 5.82 Å². The maximum absolute atomic E-state index is 12.4. The molecule has 1 N–H and O–H groups in total. The molecule has 0 fully saturated rings. The molecule has 0 unspecified atom stereocenters. The van der Waals surface area contributed by atoms with E-state index < -0.39 is 0 Å². The molecule has 3 aromatic heterocycles. The SMILES string of the molecule is COCc1cccc(NC(=O)c2cnn3cccc(Cl)c23)n1. The Morgan fingerprint density at radius 2 is 2.23 bits per heavy atom. The molecule has 0 aliphatic carbocycles. The number of carbonyl (C=O) groups is 1. The third kappa shape index (κ3) is 2.79. The minimum absolute atomic E-state index is 0.315. The highest BCUT2D eigenvalue weighted by Gasteiger charge is 2.15. The molecule has 3 aromatic rings. The van der Waals surface area contributed by atoms with Crippen LogP contribution in [0.15, 0.2) is 42.7 Å². The van der Waals surface area contributed by atoms with Gasteiger partial charge in [-0.2, -0.15) is 5.10 Å². The molecule has 7 heteroatoms. The first-order valence-electron chi connectivity index (χ1n) is 6.57. The Morgan fingerprint density at radius 3 is 3.05 bits per heavy atom. The zero-order chi connectivity index (χ0) is 15.5. The number of amides is 1. The number of carbonyl (C=O) groups excluding carboxylic acids is 1. The quantitative estimate of drug-likeness (QED) is 0.803.